The van der Waals surface area contributed by atoms with Crippen LogP contribution in [0.2, 0.25) is 0 Å². The Kier molecular flexibility index (Phi) is 3.41. The fourth-order valence-corrected chi connectivity index (χ4v) is 3.03. The lowest BCUT2D eigenvalue weighted by molar-refractivity contribution is -0.0725. The van der Waals surface area contributed by atoms with Crippen LogP contribution in [-0.2, 0) is 4.74 Å². The minimum atomic E-state index is -0.208. The van der Waals surface area contributed by atoms with Crippen LogP contribution >= 0.6 is 15.9 Å². The van der Waals surface area contributed by atoms with Crippen LogP contribution in [0, 0.1) is 6.92 Å². The molecule has 0 aliphatic carbocycles. The van der Waals surface area contributed by atoms with Gasteiger partial charge >= 0.3 is 0 Å². The maximum Gasteiger partial charge on any atom is 0.203 e. The molecular formula is C13H18BrN5O. The van der Waals surface area contributed by atoms with Gasteiger partial charge in [0.25, 0.3) is 0 Å². The van der Waals surface area contributed by atoms with Gasteiger partial charge in [-0.15, -0.1) is 10.2 Å². The Labute approximate surface area is 126 Å². The molecule has 1 saturated heterocycles. The Morgan fingerprint density at radius 1 is 1.45 bits per heavy atom. The number of fused-ring (bicyclic) bond motifs is 1. The molecule has 1 aliphatic heterocycles. The van der Waals surface area contributed by atoms with Gasteiger partial charge in [0.2, 0.25) is 5.65 Å². The normalized spacial score (nSPS) is 22.4. The maximum absolute atomic E-state index is 6.03. The summed E-state index contributed by atoms with van der Waals surface area (Å²) in [5, 5.41) is 9.19. The number of halogens is 1. The van der Waals surface area contributed by atoms with Crippen molar-refractivity contribution < 1.29 is 4.74 Å². The summed E-state index contributed by atoms with van der Waals surface area (Å²) in [4.78, 5) is 6.74. The van der Waals surface area contributed by atoms with E-state index in [0.717, 1.165) is 35.7 Å². The summed E-state index contributed by atoms with van der Waals surface area (Å²) in [6.07, 6.45) is 3.83. The van der Waals surface area contributed by atoms with Crippen LogP contribution < -0.4 is 4.90 Å². The molecule has 7 heteroatoms. The van der Waals surface area contributed by atoms with Crippen molar-refractivity contribution in [3.05, 3.63) is 18.2 Å². The number of ether oxygens (including phenoxy) is 1. The maximum atomic E-state index is 6.03. The quantitative estimate of drug-likeness (QED) is 0.781. The summed E-state index contributed by atoms with van der Waals surface area (Å²) in [5.41, 5.74) is 0.594. The highest BCUT2D eigenvalue weighted by Gasteiger charge is 2.34. The van der Waals surface area contributed by atoms with Crippen molar-refractivity contribution in [1.29, 1.82) is 0 Å². The number of anilines is 1. The summed E-state index contributed by atoms with van der Waals surface area (Å²) in [7, 11) is 0. The van der Waals surface area contributed by atoms with Gasteiger partial charge in [-0.3, -0.25) is 4.40 Å². The summed E-state index contributed by atoms with van der Waals surface area (Å²) in [5.74, 6) is 1.74. The van der Waals surface area contributed by atoms with Crippen LogP contribution in [0.1, 0.15) is 19.7 Å². The highest BCUT2D eigenvalue weighted by Crippen LogP contribution is 2.27. The molecule has 20 heavy (non-hydrogen) atoms. The van der Waals surface area contributed by atoms with Crippen molar-refractivity contribution in [3.63, 3.8) is 0 Å². The third-order valence-electron chi connectivity index (χ3n) is 3.43. The number of aryl methyl sites for hydroxylation is 1. The van der Waals surface area contributed by atoms with Crippen molar-refractivity contribution in [3.8, 4) is 0 Å². The molecule has 0 amide bonds. The largest absolute Gasteiger partial charge is 0.368 e. The van der Waals surface area contributed by atoms with E-state index < -0.39 is 0 Å². The number of alkyl halides is 1. The van der Waals surface area contributed by atoms with Crippen LogP contribution in [0.15, 0.2) is 12.4 Å². The van der Waals surface area contributed by atoms with Crippen molar-refractivity contribution in [2.24, 2.45) is 0 Å². The Morgan fingerprint density at radius 3 is 3.00 bits per heavy atom. The second-order valence-electron chi connectivity index (χ2n) is 5.73. The lowest BCUT2D eigenvalue weighted by atomic mass is 10.1. The predicted molar refractivity (Wildman–Crippen MR) is 80.5 cm³/mol. The molecule has 108 valence electrons. The first-order valence-corrected chi connectivity index (χ1v) is 7.77. The van der Waals surface area contributed by atoms with Gasteiger partial charge in [-0.25, -0.2) is 4.98 Å². The molecule has 6 nitrogen and oxygen atoms in total. The summed E-state index contributed by atoms with van der Waals surface area (Å²) in [6, 6.07) is 0. The third-order valence-corrected chi connectivity index (χ3v) is 4.15. The molecule has 0 radical (unpaired) electrons. The first-order valence-electron chi connectivity index (χ1n) is 6.65. The molecule has 1 atom stereocenters. The number of hydrogen-bond acceptors (Lipinski definition) is 5. The lowest BCUT2D eigenvalue weighted by Gasteiger charge is -2.42. The van der Waals surface area contributed by atoms with Gasteiger partial charge in [0.05, 0.1) is 11.7 Å². The van der Waals surface area contributed by atoms with Crippen molar-refractivity contribution in [1.82, 2.24) is 19.6 Å². The molecule has 0 saturated carbocycles. The van der Waals surface area contributed by atoms with E-state index in [9.17, 15) is 0 Å². The molecule has 1 aliphatic rings. The molecular weight excluding hydrogens is 322 g/mol. The molecule has 0 N–H and O–H groups in total. The lowest BCUT2D eigenvalue weighted by Crippen LogP contribution is -2.53. The van der Waals surface area contributed by atoms with Crippen molar-refractivity contribution >= 4 is 27.4 Å². The van der Waals surface area contributed by atoms with Crippen LogP contribution in [0.4, 0.5) is 5.82 Å². The van der Waals surface area contributed by atoms with Gasteiger partial charge in [0.15, 0.2) is 5.82 Å². The molecule has 0 spiro atoms. The zero-order valence-electron chi connectivity index (χ0n) is 11.9. The van der Waals surface area contributed by atoms with Gasteiger partial charge in [0, 0.05) is 30.8 Å². The number of rotatable bonds is 2. The second-order valence-corrected chi connectivity index (χ2v) is 6.37. The van der Waals surface area contributed by atoms with E-state index >= 15 is 0 Å². The minimum Gasteiger partial charge on any atom is -0.368 e. The number of morpholine rings is 1. The Morgan fingerprint density at radius 2 is 2.25 bits per heavy atom. The highest BCUT2D eigenvalue weighted by molar-refractivity contribution is 9.09. The standard InChI is InChI=1S/C13H18BrN5O/c1-9-16-17-12-11(15-4-5-19(9)12)18-7-10(6-14)20-13(2,3)8-18/h4-5,10H,6-8H2,1-3H3. The van der Waals surface area contributed by atoms with Gasteiger partial charge in [-0.2, -0.15) is 0 Å². The predicted octanol–water partition coefficient (Wildman–Crippen LogP) is 1.81. The molecule has 3 rings (SSSR count). The average Bonchev–Trinajstić information content (AvgIpc) is 2.79. The Balaban J connectivity index is 2.01. The molecule has 3 heterocycles. The summed E-state index contributed by atoms with van der Waals surface area (Å²) >= 11 is 3.51. The van der Waals surface area contributed by atoms with Gasteiger partial charge in [0.1, 0.15) is 5.82 Å². The van der Waals surface area contributed by atoms with Crippen LogP contribution in [0.3, 0.4) is 0 Å². The molecule has 2 aromatic rings. The Hall–Kier alpha value is -1.21. The second kappa shape index (κ2) is 4.96. The van der Waals surface area contributed by atoms with E-state index in [1.54, 1.807) is 6.20 Å². The van der Waals surface area contributed by atoms with Gasteiger partial charge < -0.3 is 9.64 Å². The van der Waals surface area contributed by atoms with Gasteiger partial charge in [-0.1, -0.05) is 15.9 Å². The average molecular weight is 340 g/mol. The molecule has 1 unspecified atom stereocenters. The van der Waals surface area contributed by atoms with E-state index in [2.05, 4.69) is 49.9 Å². The molecule has 2 aromatic heterocycles. The molecule has 0 bridgehead atoms. The topological polar surface area (TPSA) is 55.5 Å². The van der Waals surface area contributed by atoms with E-state index in [4.69, 9.17) is 4.74 Å². The fourth-order valence-electron chi connectivity index (χ4n) is 2.69. The monoisotopic (exact) mass is 339 g/mol. The zero-order chi connectivity index (χ0) is 14.3. The number of hydrogen-bond donors (Lipinski definition) is 0. The van der Waals surface area contributed by atoms with E-state index in [1.807, 2.05) is 17.5 Å². The molecule has 0 aromatic carbocycles. The summed E-state index contributed by atoms with van der Waals surface area (Å²) < 4.78 is 8.00. The van der Waals surface area contributed by atoms with Crippen LogP contribution in [0.5, 0.6) is 0 Å². The van der Waals surface area contributed by atoms with Gasteiger partial charge in [-0.05, 0) is 20.8 Å². The van der Waals surface area contributed by atoms with Crippen LogP contribution in [0.25, 0.3) is 5.65 Å². The highest BCUT2D eigenvalue weighted by atomic mass is 79.9. The smallest absolute Gasteiger partial charge is 0.203 e. The Bertz CT molecular complexity index is 626. The van der Waals surface area contributed by atoms with Crippen molar-refractivity contribution in [2.45, 2.75) is 32.5 Å². The first-order chi connectivity index (χ1) is 9.50. The van der Waals surface area contributed by atoms with Crippen LogP contribution in [-0.4, -0.2) is 49.7 Å². The first kappa shape index (κ1) is 13.8. The number of nitrogens with zero attached hydrogens (tertiary/aromatic N) is 5. The third kappa shape index (κ3) is 2.40. The minimum absolute atomic E-state index is 0.143. The fraction of sp³-hybridized carbons (Fsp3) is 0.615. The van der Waals surface area contributed by atoms with E-state index in [1.165, 1.54) is 0 Å². The number of aromatic nitrogens is 4. The van der Waals surface area contributed by atoms with E-state index in [0.29, 0.717) is 0 Å². The molecule has 1 fully saturated rings. The zero-order valence-corrected chi connectivity index (χ0v) is 13.5. The van der Waals surface area contributed by atoms with E-state index in [-0.39, 0.29) is 11.7 Å². The summed E-state index contributed by atoms with van der Waals surface area (Å²) in [6.45, 7) is 7.73. The van der Waals surface area contributed by atoms with Crippen molar-refractivity contribution in [2.75, 3.05) is 23.3 Å². The SMILES string of the molecule is Cc1nnc2c(N3CC(CBr)OC(C)(C)C3)nccn12.